The van der Waals surface area contributed by atoms with Gasteiger partial charge in [-0.1, -0.05) is 24.4 Å². The summed E-state index contributed by atoms with van der Waals surface area (Å²) >= 11 is 0. The number of barbiturate groups is 1. The van der Waals surface area contributed by atoms with E-state index in [0.717, 1.165) is 24.2 Å². The van der Waals surface area contributed by atoms with Crippen LogP contribution in [0.25, 0.3) is 0 Å². The van der Waals surface area contributed by atoms with Crippen LogP contribution in [0.3, 0.4) is 0 Å². The van der Waals surface area contributed by atoms with Crippen molar-refractivity contribution in [2.45, 2.75) is 45.6 Å². The second-order valence-electron chi connectivity index (χ2n) is 5.73. The van der Waals surface area contributed by atoms with Gasteiger partial charge in [-0.15, -0.1) is 0 Å². The van der Waals surface area contributed by atoms with Crippen LogP contribution in [0.2, 0.25) is 0 Å². The number of urea groups is 1. The average molecular weight is 291 g/mol. The van der Waals surface area contributed by atoms with Gasteiger partial charge in [0.25, 0.3) is 0 Å². The van der Waals surface area contributed by atoms with Gasteiger partial charge in [0.2, 0.25) is 11.8 Å². The summed E-state index contributed by atoms with van der Waals surface area (Å²) < 4.78 is 5.06. The summed E-state index contributed by atoms with van der Waals surface area (Å²) in [5.74, 6) is -0.441. The van der Waals surface area contributed by atoms with Gasteiger partial charge in [0.1, 0.15) is 5.41 Å². The van der Waals surface area contributed by atoms with E-state index in [4.69, 9.17) is 4.52 Å². The maximum Gasteiger partial charge on any atom is 0.331 e. The minimum atomic E-state index is -1.08. The molecule has 3 rings (SSSR count). The smallest absolute Gasteiger partial charge is 0.331 e. The molecular formula is C14H17N3O4. The molecule has 0 radical (unpaired) electrons. The Balaban J connectivity index is 1.87. The van der Waals surface area contributed by atoms with Crippen LogP contribution >= 0.6 is 0 Å². The summed E-state index contributed by atoms with van der Waals surface area (Å²) in [4.78, 5) is 37.9. The highest BCUT2D eigenvalue weighted by Crippen LogP contribution is 2.40. The zero-order chi connectivity index (χ0) is 15.0. The van der Waals surface area contributed by atoms with Gasteiger partial charge in [-0.3, -0.25) is 19.8 Å². The molecule has 2 heterocycles. The predicted molar refractivity (Wildman–Crippen MR) is 70.8 cm³/mol. The summed E-state index contributed by atoms with van der Waals surface area (Å²) in [6, 6.07) is 0.986. The first-order valence-electron chi connectivity index (χ1n) is 7.12. The summed E-state index contributed by atoms with van der Waals surface area (Å²) in [6.07, 6.45) is 3.65. The van der Waals surface area contributed by atoms with Crippen molar-refractivity contribution >= 4 is 17.8 Å². The lowest BCUT2D eigenvalue weighted by Gasteiger charge is -2.40. The lowest BCUT2D eigenvalue weighted by molar-refractivity contribution is -0.154. The molecule has 0 aromatic carbocycles. The average Bonchev–Trinajstić information content (AvgIpc) is 2.88. The molecule has 1 N–H and O–H groups in total. The fraction of sp³-hybridized carbons (Fsp3) is 0.571. The molecular weight excluding hydrogens is 274 g/mol. The number of nitrogens with zero attached hydrogens (tertiary/aromatic N) is 2. The van der Waals surface area contributed by atoms with Crippen molar-refractivity contribution in [2.24, 2.45) is 5.41 Å². The van der Waals surface area contributed by atoms with E-state index >= 15 is 0 Å². The van der Waals surface area contributed by atoms with E-state index < -0.39 is 23.3 Å². The molecule has 0 bridgehead atoms. The standard InChI is InChI=1S/C14H17N3O4/c1-9-7-10(21-16-9)8-17-12(19)14(5-3-2-4-6-14)11(18)15-13(17)20/h7H,2-6,8H2,1H3,(H,15,18,20). The second kappa shape index (κ2) is 4.98. The van der Waals surface area contributed by atoms with Crippen LogP contribution < -0.4 is 5.32 Å². The highest BCUT2D eigenvalue weighted by atomic mass is 16.5. The third kappa shape index (κ3) is 2.22. The Kier molecular flexibility index (Phi) is 3.27. The number of aryl methyl sites for hydroxylation is 1. The first-order valence-corrected chi connectivity index (χ1v) is 7.12. The van der Waals surface area contributed by atoms with Gasteiger partial charge < -0.3 is 4.52 Å². The maximum absolute atomic E-state index is 12.7. The maximum atomic E-state index is 12.7. The molecule has 1 saturated carbocycles. The Labute approximate surface area is 121 Å². The lowest BCUT2D eigenvalue weighted by Crippen LogP contribution is -2.63. The molecule has 21 heavy (non-hydrogen) atoms. The highest BCUT2D eigenvalue weighted by molar-refractivity contribution is 6.19. The van der Waals surface area contributed by atoms with Gasteiger partial charge in [-0.25, -0.2) is 4.79 Å². The molecule has 1 aliphatic carbocycles. The number of rotatable bonds is 2. The fourth-order valence-corrected chi connectivity index (χ4v) is 3.12. The Morgan fingerprint density at radius 1 is 1.29 bits per heavy atom. The number of nitrogens with one attached hydrogen (secondary N) is 1. The molecule has 0 atom stereocenters. The summed E-state index contributed by atoms with van der Waals surface area (Å²) in [7, 11) is 0. The molecule has 1 aromatic heterocycles. The number of carbonyl (C=O) groups excluding carboxylic acids is 3. The molecule has 7 nitrogen and oxygen atoms in total. The Bertz CT molecular complexity index is 601. The zero-order valence-corrected chi connectivity index (χ0v) is 11.8. The van der Waals surface area contributed by atoms with Crippen molar-refractivity contribution in [3.63, 3.8) is 0 Å². The monoisotopic (exact) mass is 291 g/mol. The van der Waals surface area contributed by atoms with Crippen LogP contribution in [0.5, 0.6) is 0 Å². The number of imide groups is 2. The second-order valence-corrected chi connectivity index (χ2v) is 5.73. The number of hydrogen-bond donors (Lipinski definition) is 1. The molecule has 7 heteroatoms. The van der Waals surface area contributed by atoms with Crippen LogP contribution in [0.4, 0.5) is 4.79 Å². The molecule has 1 aromatic rings. The van der Waals surface area contributed by atoms with Gasteiger partial charge in [0.15, 0.2) is 5.76 Å². The SMILES string of the molecule is Cc1cc(CN2C(=O)NC(=O)C3(CCCCC3)C2=O)on1. The van der Waals surface area contributed by atoms with Crippen LogP contribution in [-0.4, -0.2) is 27.9 Å². The summed E-state index contributed by atoms with van der Waals surface area (Å²) in [6.45, 7) is 1.76. The zero-order valence-electron chi connectivity index (χ0n) is 11.8. The number of aromatic nitrogens is 1. The van der Waals surface area contributed by atoms with E-state index in [1.807, 2.05) is 0 Å². The van der Waals surface area contributed by atoms with E-state index in [1.165, 1.54) is 0 Å². The molecule has 1 aliphatic heterocycles. The van der Waals surface area contributed by atoms with Crippen LogP contribution in [-0.2, 0) is 16.1 Å². The lowest BCUT2D eigenvalue weighted by atomic mass is 9.71. The number of hydrogen-bond acceptors (Lipinski definition) is 5. The Hall–Kier alpha value is -2.18. The minimum absolute atomic E-state index is 0.000532. The van der Waals surface area contributed by atoms with Crippen molar-refractivity contribution < 1.29 is 18.9 Å². The molecule has 1 saturated heterocycles. The predicted octanol–water partition coefficient (Wildman–Crippen LogP) is 1.51. The van der Waals surface area contributed by atoms with Gasteiger partial charge in [-0.05, 0) is 19.8 Å². The van der Waals surface area contributed by atoms with E-state index in [0.29, 0.717) is 24.3 Å². The Morgan fingerprint density at radius 3 is 2.62 bits per heavy atom. The van der Waals surface area contributed by atoms with E-state index in [2.05, 4.69) is 10.5 Å². The third-order valence-corrected chi connectivity index (χ3v) is 4.25. The number of amides is 4. The van der Waals surface area contributed by atoms with Gasteiger partial charge in [-0.2, -0.15) is 0 Å². The van der Waals surface area contributed by atoms with Crippen molar-refractivity contribution in [1.82, 2.24) is 15.4 Å². The van der Waals surface area contributed by atoms with Gasteiger partial charge >= 0.3 is 6.03 Å². The normalized spacial score (nSPS) is 21.8. The van der Waals surface area contributed by atoms with Crippen molar-refractivity contribution in [3.8, 4) is 0 Å². The van der Waals surface area contributed by atoms with Crippen molar-refractivity contribution in [3.05, 3.63) is 17.5 Å². The molecule has 2 aliphatic rings. The largest absolute Gasteiger partial charge is 0.359 e. The molecule has 1 spiro atoms. The van der Waals surface area contributed by atoms with E-state index in [-0.39, 0.29) is 6.54 Å². The molecule has 4 amide bonds. The molecule has 2 fully saturated rings. The van der Waals surface area contributed by atoms with Crippen molar-refractivity contribution in [1.29, 1.82) is 0 Å². The summed E-state index contributed by atoms with van der Waals surface area (Å²) in [5.41, 5.74) is -0.403. The first-order chi connectivity index (χ1) is 10.0. The number of carbonyl (C=O) groups is 3. The van der Waals surface area contributed by atoms with Crippen molar-refractivity contribution in [2.75, 3.05) is 0 Å². The Morgan fingerprint density at radius 2 is 2.00 bits per heavy atom. The fourth-order valence-electron chi connectivity index (χ4n) is 3.12. The van der Waals surface area contributed by atoms with Crippen LogP contribution in [0, 0.1) is 12.3 Å². The van der Waals surface area contributed by atoms with Crippen LogP contribution in [0.15, 0.2) is 10.6 Å². The van der Waals surface area contributed by atoms with Gasteiger partial charge in [0, 0.05) is 6.07 Å². The van der Waals surface area contributed by atoms with Crippen LogP contribution in [0.1, 0.15) is 43.6 Å². The first kappa shape index (κ1) is 13.8. The minimum Gasteiger partial charge on any atom is -0.359 e. The molecule has 0 unspecified atom stereocenters. The summed E-state index contributed by atoms with van der Waals surface area (Å²) in [5, 5.41) is 6.05. The van der Waals surface area contributed by atoms with Gasteiger partial charge in [0.05, 0.1) is 12.2 Å². The highest BCUT2D eigenvalue weighted by Gasteiger charge is 2.53. The molecule has 112 valence electrons. The van der Waals surface area contributed by atoms with E-state index in [9.17, 15) is 14.4 Å². The van der Waals surface area contributed by atoms with E-state index in [1.54, 1.807) is 13.0 Å². The quantitative estimate of drug-likeness (QED) is 0.834. The third-order valence-electron chi connectivity index (χ3n) is 4.25. The topological polar surface area (TPSA) is 92.5 Å².